The minimum absolute atomic E-state index is 0.0563. The highest BCUT2D eigenvalue weighted by atomic mass is 31.2. The molecule has 366 valence electrons. The molecule has 0 aromatic heterocycles. The number of unbranched alkanes of at least 4 members (excludes halogenated alkanes) is 33. The third kappa shape index (κ3) is 48.0. The van der Waals surface area contributed by atoms with E-state index in [0.717, 1.165) is 38.5 Å². The Kier molecular flexibility index (Phi) is 47.7. The molecule has 0 aliphatic rings. The first-order valence-corrected chi connectivity index (χ1v) is 27.8. The molecule has 3 N–H and O–H groups in total. The molecule has 10 heteroatoms. The minimum Gasteiger partial charge on any atom is -0.462 e. The molecule has 0 amide bonds. The summed E-state index contributed by atoms with van der Waals surface area (Å²) in [6.07, 6.45) is 55.5. The number of carbonyl (C=O) groups excluding carboxylic acids is 2. The van der Waals surface area contributed by atoms with Crippen LogP contribution in [0.1, 0.15) is 264 Å². The third-order valence-corrected chi connectivity index (χ3v) is 12.6. The van der Waals surface area contributed by atoms with Gasteiger partial charge in [-0.15, -0.1) is 0 Å². The van der Waals surface area contributed by atoms with Crippen molar-refractivity contribution in [3.8, 4) is 0 Å². The van der Waals surface area contributed by atoms with Crippen molar-refractivity contribution in [1.29, 1.82) is 0 Å². The lowest BCUT2D eigenvalue weighted by Crippen LogP contribution is -2.29. The number of phosphoric ester groups is 1. The molecule has 9 nitrogen and oxygen atoms in total. The summed E-state index contributed by atoms with van der Waals surface area (Å²) >= 11 is 0. The van der Waals surface area contributed by atoms with Crippen molar-refractivity contribution in [2.24, 2.45) is 5.73 Å². The number of ether oxygens (including phenoxy) is 2. The van der Waals surface area contributed by atoms with Crippen LogP contribution < -0.4 is 5.73 Å². The number of nitrogens with two attached hydrogens (primary N) is 1. The Bertz CT molecular complexity index is 1070. The summed E-state index contributed by atoms with van der Waals surface area (Å²) in [5, 5.41) is 0. The van der Waals surface area contributed by atoms with Crippen molar-refractivity contribution in [1.82, 2.24) is 0 Å². The molecule has 0 bridgehead atoms. The topological polar surface area (TPSA) is 134 Å². The number of hydrogen-bond donors (Lipinski definition) is 2. The molecule has 0 rings (SSSR count). The Morgan fingerprint density at radius 1 is 0.484 bits per heavy atom. The molecule has 2 unspecified atom stereocenters. The van der Waals surface area contributed by atoms with Crippen LogP contribution in [0.3, 0.4) is 0 Å². The van der Waals surface area contributed by atoms with Crippen LogP contribution in [-0.2, 0) is 32.7 Å². The van der Waals surface area contributed by atoms with Crippen molar-refractivity contribution >= 4 is 19.8 Å². The number of carbonyl (C=O) groups is 2. The monoisotopic (exact) mass is 898 g/mol. The first-order chi connectivity index (χ1) is 30.3. The summed E-state index contributed by atoms with van der Waals surface area (Å²) < 4.78 is 32.8. The molecule has 0 heterocycles. The van der Waals surface area contributed by atoms with Crippen molar-refractivity contribution in [2.45, 2.75) is 270 Å². The molecule has 0 aliphatic carbocycles. The van der Waals surface area contributed by atoms with Crippen LogP contribution in [0.25, 0.3) is 0 Å². The van der Waals surface area contributed by atoms with E-state index >= 15 is 0 Å². The molecule has 0 radical (unpaired) electrons. The molecule has 0 aliphatic heterocycles. The number of allylic oxidation sites excluding steroid dienone is 4. The molecular formula is C52H100NO8P. The SMILES string of the molecule is CCCCCCC/C=C\C/C=C\CCCCCCCCCCCCCCCCCCCCCCCC(=O)OC(COC(=O)CCCCCCCCCC)COP(=O)(O)OCCN. The van der Waals surface area contributed by atoms with Gasteiger partial charge in [0.25, 0.3) is 0 Å². The maximum absolute atomic E-state index is 12.6. The Labute approximate surface area is 382 Å². The van der Waals surface area contributed by atoms with E-state index in [1.807, 2.05) is 0 Å². The van der Waals surface area contributed by atoms with Crippen LogP contribution in [0.5, 0.6) is 0 Å². The van der Waals surface area contributed by atoms with E-state index < -0.39 is 26.5 Å². The van der Waals surface area contributed by atoms with Gasteiger partial charge in [-0.2, -0.15) is 0 Å². The van der Waals surface area contributed by atoms with Crippen LogP contribution in [0, 0.1) is 0 Å². The van der Waals surface area contributed by atoms with E-state index in [9.17, 15) is 19.0 Å². The molecule has 62 heavy (non-hydrogen) atoms. The van der Waals surface area contributed by atoms with Gasteiger partial charge in [0.05, 0.1) is 13.2 Å². The quantitative estimate of drug-likeness (QED) is 0.0265. The predicted octanol–water partition coefficient (Wildman–Crippen LogP) is 15.9. The van der Waals surface area contributed by atoms with Gasteiger partial charge in [-0.1, -0.05) is 231 Å². The van der Waals surface area contributed by atoms with E-state index in [4.69, 9.17) is 24.3 Å². The van der Waals surface area contributed by atoms with Gasteiger partial charge in [-0.3, -0.25) is 18.6 Å². The Morgan fingerprint density at radius 2 is 0.839 bits per heavy atom. The lowest BCUT2D eigenvalue weighted by molar-refractivity contribution is -0.161. The number of phosphoric acid groups is 1. The molecule has 0 aromatic rings. The summed E-state index contributed by atoms with van der Waals surface area (Å²) in [5.41, 5.74) is 5.35. The Morgan fingerprint density at radius 3 is 1.23 bits per heavy atom. The van der Waals surface area contributed by atoms with Crippen LogP contribution in [0.15, 0.2) is 24.3 Å². The second kappa shape index (κ2) is 48.9. The summed E-state index contributed by atoms with van der Waals surface area (Å²) in [6, 6.07) is 0. The van der Waals surface area contributed by atoms with Crippen molar-refractivity contribution in [3.05, 3.63) is 24.3 Å². The third-order valence-electron chi connectivity index (χ3n) is 11.6. The van der Waals surface area contributed by atoms with Crippen molar-refractivity contribution in [2.75, 3.05) is 26.4 Å². The Hall–Kier alpha value is -1.51. The summed E-state index contributed by atoms with van der Waals surface area (Å²) in [6.45, 7) is 3.72. The fourth-order valence-electron chi connectivity index (χ4n) is 7.67. The van der Waals surface area contributed by atoms with E-state index in [2.05, 4.69) is 38.2 Å². The second-order valence-electron chi connectivity index (χ2n) is 17.8. The van der Waals surface area contributed by atoms with Gasteiger partial charge in [0.1, 0.15) is 6.61 Å². The molecule has 0 saturated carbocycles. The fourth-order valence-corrected chi connectivity index (χ4v) is 8.43. The van der Waals surface area contributed by atoms with Gasteiger partial charge < -0.3 is 20.1 Å². The van der Waals surface area contributed by atoms with Crippen LogP contribution in [0.4, 0.5) is 0 Å². The van der Waals surface area contributed by atoms with Gasteiger partial charge >= 0.3 is 19.8 Å². The molecule has 0 spiro atoms. The molecule has 2 atom stereocenters. The Balaban J connectivity index is 3.76. The predicted molar refractivity (Wildman–Crippen MR) is 261 cm³/mol. The highest BCUT2D eigenvalue weighted by Crippen LogP contribution is 2.43. The summed E-state index contributed by atoms with van der Waals surface area (Å²) in [5.74, 6) is -0.820. The average molecular weight is 898 g/mol. The lowest BCUT2D eigenvalue weighted by Gasteiger charge is -2.19. The zero-order valence-corrected chi connectivity index (χ0v) is 41.5. The zero-order chi connectivity index (χ0) is 45.3. The zero-order valence-electron chi connectivity index (χ0n) is 40.6. The van der Waals surface area contributed by atoms with Gasteiger partial charge in [0, 0.05) is 19.4 Å². The standard InChI is InChI=1S/C52H100NO8P/c1-3-5-7-9-11-13-14-15-16-17-18-19-20-21-22-23-24-25-26-27-28-29-30-31-32-33-34-35-36-37-39-41-43-45-52(55)61-50(49-60-62(56,57)59-47-46-53)48-58-51(54)44-42-40-38-12-10-8-6-4-2/h14-15,17-18,50H,3-13,16,19-49,53H2,1-2H3,(H,56,57)/b15-14-,18-17-. The number of esters is 2. The summed E-state index contributed by atoms with van der Waals surface area (Å²) in [4.78, 5) is 34.8. The van der Waals surface area contributed by atoms with Crippen molar-refractivity contribution in [3.63, 3.8) is 0 Å². The van der Waals surface area contributed by atoms with Crippen LogP contribution in [0.2, 0.25) is 0 Å². The minimum atomic E-state index is -4.37. The lowest BCUT2D eigenvalue weighted by atomic mass is 10.0. The van der Waals surface area contributed by atoms with Gasteiger partial charge in [0.15, 0.2) is 6.10 Å². The fraction of sp³-hybridized carbons (Fsp3) is 0.885. The average Bonchev–Trinajstić information content (AvgIpc) is 3.26. The van der Waals surface area contributed by atoms with E-state index in [1.54, 1.807) is 0 Å². The maximum Gasteiger partial charge on any atom is 0.472 e. The van der Waals surface area contributed by atoms with Crippen LogP contribution >= 0.6 is 7.82 Å². The van der Waals surface area contributed by atoms with Gasteiger partial charge in [-0.25, -0.2) is 4.57 Å². The highest BCUT2D eigenvalue weighted by molar-refractivity contribution is 7.47. The molecule has 0 fully saturated rings. The first-order valence-electron chi connectivity index (χ1n) is 26.3. The smallest absolute Gasteiger partial charge is 0.462 e. The van der Waals surface area contributed by atoms with Gasteiger partial charge in [-0.05, 0) is 44.9 Å². The van der Waals surface area contributed by atoms with Crippen molar-refractivity contribution < 1.29 is 37.6 Å². The molecule has 0 aromatic carbocycles. The van der Waals surface area contributed by atoms with Crippen LogP contribution in [-0.4, -0.2) is 49.3 Å². The maximum atomic E-state index is 12.6. The summed E-state index contributed by atoms with van der Waals surface area (Å²) in [7, 11) is -4.37. The van der Waals surface area contributed by atoms with E-state index in [0.29, 0.717) is 6.42 Å². The van der Waals surface area contributed by atoms with Gasteiger partial charge in [0.2, 0.25) is 0 Å². The van der Waals surface area contributed by atoms with E-state index in [1.165, 1.54) is 193 Å². The molecular weight excluding hydrogens is 798 g/mol. The normalized spacial score (nSPS) is 13.3. The number of hydrogen-bond acceptors (Lipinski definition) is 8. The largest absolute Gasteiger partial charge is 0.472 e. The second-order valence-corrected chi connectivity index (χ2v) is 19.2. The highest BCUT2D eigenvalue weighted by Gasteiger charge is 2.26. The van der Waals surface area contributed by atoms with E-state index in [-0.39, 0.29) is 38.6 Å². The first kappa shape index (κ1) is 60.5. The molecule has 0 saturated heterocycles. The number of rotatable bonds is 50.